The van der Waals surface area contributed by atoms with Crippen LogP contribution in [-0.2, 0) is 9.59 Å². The van der Waals surface area contributed by atoms with Crippen molar-refractivity contribution >= 4 is 30.2 Å². The van der Waals surface area contributed by atoms with Crippen molar-refractivity contribution in [2.24, 2.45) is 0 Å². The van der Waals surface area contributed by atoms with Crippen LogP contribution in [0.4, 0.5) is 0 Å². The monoisotopic (exact) mass is 412 g/mol. The standard InChI is InChI=1S/C18H16O2.C9H8O2/c19-18(20)17(14-16-10-5-2-6-11-16)13-7-12-15-8-3-1-4-9-15;10-9(11)7-6-8-4-2-1-3-5-8/h1-12,14H,13H2,(H,19,20);1-7H,(H,10,11). The predicted octanol–water partition coefficient (Wildman–Crippen LogP) is 6.04. The largest absolute Gasteiger partial charge is 0.478 e. The summed E-state index contributed by atoms with van der Waals surface area (Å²) >= 11 is 0. The van der Waals surface area contributed by atoms with E-state index in [2.05, 4.69) is 0 Å². The summed E-state index contributed by atoms with van der Waals surface area (Å²) in [6.07, 6.45) is 8.59. The minimum Gasteiger partial charge on any atom is -0.478 e. The molecule has 0 aliphatic heterocycles. The molecule has 0 fully saturated rings. The summed E-state index contributed by atoms with van der Waals surface area (Å²) in [7, 11) is 0. The van der Waals surface area contributed by atoms with Gasteiger partial charge in [-0.25, -0.2) is 9.59 Å². The topological polar surface area (TPSA) is 74.6 Å². The van der Waals surface area contributed by atoms with Gasteiger partial charge in [0.05, 0.1) is 0 Å². The van der Waals surface area contributed by atoms with Crippen LogP contribution in [0.1, 0.15) is 23.1 Å². The first-order valence-corrected chi connectivity index (χ1v) is 9.71. The third-order valence-electron chi connectivity index (χ3n) is 4.08. The summed E-state index contributed by atoms with van der Waals surface area (Å²) in [4.78, 5) is 21.3. The summed E-state index contributed by atoms with van der Waals surface area (Å²) in [5.41, 5.74) is 3.24. The number of hydrogen-bond donors (Lipinski definition) is 2. The molecule has 0 atom stereocenters. The highest BCUT2D eigenvalue weighted by molar-refractivity contribution is 5.92. The maximum Gasteiger partial charge on any atom is 0.331 e. The molecule has 0 heterocycles. The highest BCUT2D eigenvalue weighted by atomic mass is 16.4. The Hall–Kier alpha value is -4.18. The van der Waals surface area contributed by atoms with Crippen LogP contribution in [0.5, 0.6) is 0 Å². The fourth-order valence-corrected chi connectivity index (χ4v) is 2.58. The number of rotatable bonds is 7. The molecule has 4 heteroatoms. The number of carboxylic acid groups (broad SMARTS) is 2. The van der Waals surface area contributed by atoms with Crippen molar-refractivity contribution in [3.8, 4) is 0 Å². The molecule has 31 heavy (non-hydrogen) atoms. The maximum atomic E-state index is 11.2. The first kappa shape index (κ1) is 23.1. The fourth-order valence-electron chi connectivity index (χ4n) is 2.58. The highest BCUT2D eigenvalue weighted by Crippen LogP contribution is 2.12. The van der Waals surface area contributed by atoms with Crippen molar-refractivity contribution in [1.29, 1.82) is 0 Å². The number of benzene rings is 3. The molecule has 0 unspecified atom stereocenters. The summed E-state index contributed by atoms with van der Waals surface area (Å²) in [5, 5.41) is 17.5. The fraction of sp³-hybridized carbons (Fsp3) is 0.0370. The molecule has 2 N–H and O–H groups in total. The Balaban J connectivity index is 0.000000262. The van der Waals surface area contributed by atoms with E-state index >= 15 is 0 Å². The van der Waals surface area contributed by atoms with Gasteiger partial charge in [0.25, 0.3) is 0 Å². The second-order valence-corrected chi connectivity index (χ2v) is 6.48. The van der Waals surface area contributed by atoms with Crippen LogP contribution < -0.4 is 0 Å². The van der Waals surface area contributed by atoms with E-state index in [0.717, 1.165) is 22.8 Å². The normalized spacial score (nSPS) is 11.2. The summed E-state index contributed by atoms with van der Waals surface area (Å²) in [6, 6.07) is 28.6. The minimum absolute atomic E-state index is 0.378. The zero-order valence-corrected chi connectivity index (χ0v) is 17.0. The molecular weight excluding hydrogens is 388 g/mol. The van der Waals surface area contributed by atoms with Crippen molar-refractivity contribution < 1.29 is 19.8 Å². The number of aliphatic carboxylic acids is 2. The second-order valence-electron chi connectivity index (χ2n) is 6.48. The molecule has 0 amide bonds. The van der Waals surface area contributed by atoms with Gasteiger partial charge >= 0.3 is 11.9 Å². The van der Waals surface area contributed by atoms with E-state index in [1.54, 1.807) is 12.2 Å². The summed E-state index contributed by atoms with van der Waals surface area (Å²) < 4.78 is 0. The molecule has 4 nitrogen and oxygen atoms in total. The lowest BCUT2D eigenvalue weighted by atomic mass is 10.1. The van der Waals surface area contributed by atoms with Crippen LogP contribution in [-0.4, -0.2) is 22.2 Å². The van der Waals surface area contributed by atoms with Gasteiger partial charge in [0.2, 0.25) is 0 Å². The van der Waals surface area contributed by atoms with Crippen LogP contribution in [0.15, 0.2) is 109 Å². The Morgan fingerprint density at radius 2 is 1.10 bits per heavy atom. The van der Waals surface area contributed by atoms with Crippen molar-refractivity contribution in [2.75, 3.05) is 0 Å². The van der Waals surface area contributed by atoms with Crippen LogP contribution in [0.3, 0.4) is 0 Å². The van der Waals surface area contributed by atoms with Gasteiger partial charge in [0.15, 0.2) is 0 Å². The molecule has 0 aliphatic carbocycles. The average Bonchev–Trinajstić information content (AvgIpc) is 2.79. The zero-order chi connectivity index (χ0) is 22.3. The zero-order valence-electron chi connectivity index (χ0n) is 17.0. The van der Waals surface area contributed by atoms with Crippen LogP contribution in [0, 0.1) is 0 Å². The predicted molar refractivity (Wildman–Crippen MR) is 125 cm³/mol. The van der Waals surface area contributed by atoms with Gasteiger partial charge in [-0.2, -0.15) is 0 Å². The van der Waals surface area contributed by atoms with Crippen molar-refractivity contribution in [2.45, 2.75) is 6.42 Å². The van der Waals surface area contributed by atoms with Gasteiger partial charge in [-0.05, 0) is 35.3 Å². The molecule has 0 saturated heterocycles. The second kappa shape index (κ2) is 13.1. The van der Waals surface area contributed by atoms with Gasteiger partial charge < -0.3 is 10.2 Å². The summed E-state index contributed by atoms with van der Waals surface area (Å²) in [6.45, 7) is 0. The Labute approximate surface area is 182 Å². The van der Waals surface area contributed by atoms with Gasteiger partial charge in [-0.1, -0.05) is 103 Å². The summed E-state index contributed by atoms with van der Waals surface area (Å²) in [5.74, 6) is -1.81. The van der Waals surface area contributed by atoms with Crippen molar-refractivity contribution in [3.63, 3.8) is 0 Å². The number of allylic oxidation sites excluding steroid dienone is 1. The number of carboxylic acids is 2. The Bertz CT molecular complexity index is 1030. The number of carbonyl (C=O) groups is 2. The molecule has 0 bridgehead atoms. The van der Waals surface area contributed by atoms with Crippen LogP contribution >= 0.6 is 0 Å². The molecule has 0 spiro atoms. The lowest BCUT2D eigenvalue weighted by molar-refractivity contribution is -0.133. The Kier molecular flexibility index (Phi) is 9.78. The van der Waals surface area contributed by atoms with Gasteiger partial charge in [-0.15, -0.1) is 0 Å². The molecule has 0 radical (unpaired) electrons. The van der Waals surface area contributed by atoms with Crippen molar-refractivity contribution in [3.05, 3.63) is 125 Å². The molecule has 0 aromatic heterocycles. The van der Waals surface area contributed by atoms with E-state index in [-0.39, 0.29) is 0 Å². The molecule has 156 valence electrons. The molecular formula is C27H24O4. The lowest BCUT2D eigenvalue weighted by Gasteiger charge is -1.99. The van der Waals surface area contributed by atoms with E-state index in [0.29, 0.717) is 12.0 Å². The molecule has 3 rings (SSSR count). The molecule has 3 aromatic carbocycles. The molecule has 0 saturated carbocycles. The van der Waals surface area contributed by atoms with E-state index in [4.69, 9.17) is 5.11 Å². The highest BCUT2D eigenvalue weighted by Gasteiger charge is 2.04. The average molecular weight is 412 g/mol. The first-order valence-electron chi connectivity index (χ1n) is 9.71. The van der Waals surface area contributed by atoms with Crippen molar-refractivity contribution in [1.82, 2.24) is 0 Å². The SMILES string of the molecule is O=C(O)C(=Cc1ccccc1)CC=Cc1ccccc1.O=C(O)C=Cc1ccccc1. The lowest BCUT2D eigenvalue weighted by Crippen LogP contribution is -1.99. The van der Waals surface area contributed by atoms with E-state index in [1.165, 1.54) is 0 Å². The number of hydrogen-bond acceptors (Lipinski definition) is 2. The van der Waals surface area contributed by atoms with Gasteiger partial charge in [0, 0.05) is 11.6 Å². The third-order valence-corrected chi connectivity index (χ3v) is 4.08. The minimum atomic E-state index is -0.922. The van der Waals surface area contributed by atoms with Gasteiger partial charge in [0.1, 0.15) is 0 Å². The Morgan fingerprint density at radius 3 is 1.55 bits per heavy atom. The van der Waals surface area contributed by atoms with Gasteiger partial charge in [-0.3, -0.25) is 0 Å². The van der Waals surface area contributed by atoms with Crippen LogP contribution in [0.25, 0.3) is 18.2 Å². The van der Waals surface area contributed by atoms with E-state index in [1.807, 2.05) is 103 Å². The first-order chi connectivity index (χ1) is 15.0. The van der Waals surface area contributed by atoms with Crippen LogP contribution in [0.2, 0.25) is 0 Å². The smallest absolute Gasteiger partial charge is 0.331 e. The maximum absolute atomic E-state index is 11.2. The molecule has 0 aliphatic rings. The van der Waals surface area contributed by atoms with E-state index < -0.39 is 11.9 Å². The quantitative estimate of drug-likeness (QED) is 0.464. The third kappa shape index (κ3) is 9.72. The molecule has 3 aromatic rings. The Morgan fingerprint density at radius 1 is 0.645 bits per heavy atom. The van der Waals surface area contributed by atoms with E-state index in [9.17, 15) is 14.7 Å².